The van der Waals surface area contributed by atoms with Crippen LogP contribution in [0.5, 0.6) is 0 Å². The van der Waals surface area contributed by atoms with Crippen LogP contribution < -0.4 is 5.09 Å². The standard InChI is InChI=1S/C16H30N4O6P2/c1-3-14-11-24-28-18(14)7-8-19(28)15(12-25-28)5-4-13-6-9-20(10-13)16(21)17-27(22,23-2)26-20/h13-15,22H,3-12H2,1-2H3/q+2/p+1. The molecular formula is C16H31N4O6P2+3. The van der Waals surface area contributed by atoms with Gasteiger partial charge in [-0.15, -0.1) is 9.34 Å². The first-order valence-corrected chi connectivity index (χ1v) is 13.4. The van der Waals surface area contributed by atoms with Crippen LogP contribution in [0.25, 0.3) is 0 Å². The number of urea groups is 1. The van der Waals surface area contributed by atoms with E-state index in [2.05, 4.69) is 21.4 Å². The van der Waals surface area contributed by atoms with Crippen LogP contribution in [0.2, 0.25) is 0 Å². The van der Waals surface area contributed by atoms with Crippen LogP contribution in [-0.4, -0.2) is 83.5 Å². The van der Waals surface area contributed by atoms with Crippen LogP contribution in [0.3, 0.4) is 0 Å². The second-order valence-electron chi connectivity index (χ2n) is 8.35. The van der Waals surface area contributed by atoms with Gasteiger partial charge >= 0.3 is 22.1 Å². The first-order chi connectivity index (χ1) is 13.4. The Morgan fingerprint density at radius 2 is 1.96 bits per heavy atom. The third-order valence-electron chi connectivity index (χ3n) is 6.87. The molecule has 5 fully saturated rings. The largest absolute Gasteiger partial charge is 0.593 e. The van der Waals surface area contributed by atoms with Crippen LogP contribution in [0, 0.1) is 5.92 Å². The number of quaternary nitrogens is 1. The Morgan fingerprint density at radius 1 is 1.25 bits per heavy atom. The van der Waals surface area contributed by atoms with Gasteiger partial charge in [0.1, 0.15) is 26.3 Å². The van der Waals surface area contributed by atoms with Crippen molar-refractivity contribution >= 4 is 22.1 Å². The molecule has 5 rings (SSSR count). The molecule has 0 aliphatic carbocycles. The number of nitrogens with one attached hydrogen (secondary N) is 1. The van der Waals surface area contributed by atoms with Gasteiger partial charge in [0.15, 0.2) is 0 Å². The molecule has 5 aliphatic heterocycles. The van der Waals surface area contributed by atoms with Gasteiger partial charge in [0.05, 0.1) is 32.3 Å². The van der Waals surface area contributed by atoms with Gasteiger partial charge in [0.2, 0.25) is 0 Å². The number of carbonyl (C=O) groups is 1. The van der Waals surface area contributed by atoms with Gasteiger partial charge in [0, 0.05) is 17.0 Å². The molecule has 0 aromatic heterocycles. The summed E-state index contributed by atoms with van der Waals surface area (Å²) >= 11 is 0. The maximum atomic E-state index is 12.4. The molecule has 0 bridgehead atoms. The summed E-state index contributed by atoms with van der Waals surface area (Å²) in [6.07, 6.45) is 4.06. The number of hydrogen-bond acceptors (Lipinski definition) is 8. The van der Waals surface area contributed by atoms with Crippen molar-refractivity contribution in [2.45, 2.75) is 44.7 Å². The zero-order valence-electron chi connectivity index (χ0n) is 16.5. The SMILES string of the molecule is CCC1CO[P+]23OCC(CCC4CC[N+]5(C4)O[P+](O)(OC)NC5=O)N2CCN13. The normalized spacial score (nSPS) is 48.5. The molecule has 0 aromatic carbocycles. The summed E-state index contributed by atoms with van der Waals surface area (Å²) in [4.78, 5) is 22.6. The minimum Gasteiger partial charge on any atom is -0.200 e. The average molecular weight is 437 g/mol. The molecule has 12 heteroatoms. The van der Waals surface area contributed by atoms with Crippen LogP contribution in [0.4, 0.5) is 4.79 Å². The van der Waals surface area contributed by atoms with Gasteiger partial charge in [-0.25, -0.2) is 0 Å². The van der Waals surface area contributed by atoms with E-state index in [-0.39, 0.29) is 10.7 Å². The number of hydrogen-bond donors (Lipinski definition) is 2. The van der Waals surface area contributed by atoms with E-state index < -0.39 is 16.1 Å². The lowest BCUT2D eigenvalue weighted by Gasteiger charge is -2.22. The molecule has 0 radical (unpaired) electrons. The Hall–Kier alpha value is 0.01000. The van der Waals surface area contributed by atoms with Gasteiger partial charge in [0.25, 0.3) is 0 Å². The second kappa shape index (κ2) is 7.02. The van der Waals surface area contributed by atoms with Gasteiger partial charge in [-0.05, 0) is 23.9 Å². The summed E-state index contributed by atoms with van der Waals surface area (Å²) < 4.78 is 28.1. The van der Waals surface area contributed by atoms with E-state index in [1.165, 1.54) is 7.11 Å². The summed E-state index contributed by atoms with van der Waals surface area (Å²) in [6.45, 7) is 6.98. The van der Waals surface area contributed by atoms with Gasteiger partial charge in [-0.1, -0.05) is 12.0 Å². The van der Waals surface area contributed by atoms with Gasteiger partial charge in [-0.3, -0.25) is 0 Å². The molecule has 6 unspecified atom stereocenters. The Kier molecular flexibility index (Phi) is 5.00. The van der Waals surface area contributed by atoms with E-state index in [9.17, 15) is 9.69 Å². The minimum atomic E-state index is -3.25. The van der Waals surface area contributed by atoms with Crippen molar-refractivity contribution in [2.75, 3.05) is 46.5 Å². The highest BCUT2D eigenvalue weighted by molar-refractivity contribution is 7.62. The summed E-state index contributed by atoms with van der Waals surface area (Å²) in [5, 5.41) is 2.50. The maximum Gasteiger partial charge on any atom is 0.593 e. The molecule has 5 heterocycles. The van der Waals surface area contributed by atoms with Crippen molar-refractivity contribution in [3.8, 4) is 0 Å². The average Bonchev–Trinajstić information content (AvgIpc) is 3.43. The van der Waals surface area contributed by atoms with E-state index in [4.69, 9.17) is 18.2 Å². The van der Waals surface area contributed by atoms with Crippen molar-refractivity contribution in [2.24, 2.45) is 5.92 Å². The molecule has 158 valence electrons. The van der Waals surface area contributed by atoms with E-state index in [1.54, 1.807) is 0 Å². The van der Waals surface area contributed by atoms with Crippen molar-refractivity contribution in [3.63, 3.8) is 0 Å². The molecule has 2 N–H and O–H groups in total. The molecule has 2 amide bonds. The van der Waals surface area contributed by atoms with Crippen LogP contribution in [0.1, 0.15) is 32.6 Å². The third-order valence-corrected chi connectivity index (χ3v) is 11.7. The molecule has 2 spiro atoms. The summed E-state index contributed by atoms with van der Waals surface area (Å²) in [7, 11) is -3.88. The summed E-state index contributed by atoms with van der Waals surface area (Å²) in [6, 6.07) is 0.596. The maximum absolute atomic E-state index is 12.4. The van der Waals surface area contributed by atoms with Crippen molar-refractivity contribution in [1.29, 1.82) is 0 Å². The van der Waals surface area contributed by atoms with Crippen LogP contribution in [-0.2, 0) is 18.2 Å². The smallest absolute Gasteiger partial charge is 0.200 e. The lowest BCUT2D eigenvalue weighted by molar-refractivity contribution is -1.00. The Bertz CT molecular complexity index is 663. The molecule has 0 aromatic rings. The topological polar surface area (TPSA) is 92.7 Å². The predicted octanol–water partition coefficient (Wildman–Crippen LogP) is 2.08. The van der Waals surface area contributed by atoms with Gasteiger partial charge < -0.3 is 0 Å². The number of rotatable bonds is 5. The lowest BCUT2D eigenvalue weighted by Crippen LogP contribution is -2.47. The highest BCUT2D eigenvalue weighted by Crippen LogP contribution is 2.77. The van der Waals surface area contributed by atoms with E-state index >= 15 is 0 Å². The highest BCUT2D eigenvalue weighted by Gasteiger charge is 2.73. The van der Waals surface area contributed by atoms with E-state index in [1.807, 2.05) is 0 Å². The second-order valence-corrected chi connectivity index (χ2v) is 12.7. The first-order valence-electron chi connectivity index (χ1n) is 10.2. The van der Waals surface area contributed by atoms with E-state index in [0.717, 1.165) is 52.0 Å². The molecule has 5 saturated heterocycles. The highest BCUT2D eigenvalue weighted by atomic mass is 31.2. The van der Waals surface area contributed by atoms with Gasteiger partial charge in [-0.2, -0.15) is 23.3 Å². The number of nitrogens with zero attached hydrogens (tertiary/aromatic N) is 3. The predicted molar refractivity (Wildman–Crippen MR) is 103 cm³/mol. The van der Waals surface area contributed by atoms with Crippen LogP contribution >= 0.6 is 16.1 Å². The summed E-state index contributed by atoms with van der Waals surface area (Å²) in [5.41, 5.74) is 0. The van der Waals surface area contributed by atoms with Crippen molar-refractivity contribution in [1.82, 2.24) is 14.4 Å². The first kappa shape index (κ1) is 19.9. The number of amides is 2. The van der Waals surface area contributed by atoms with Crippen LogP contribution in [0.15, 0.2) is 0 Å². The lowest BCUT2D eigenvalue weighted by atomic mass is 9.99. The quantitative estimate of drug-likeness (QED) is 0.499. The molecule has 0 saturated carbocycles. The fourth-order valence-corrected chi connectivity index (χ4v) is 10.2. The Morgan fingerprint density at radius 3 is 2.64 bits per heavy atom. The molecule has 10 nitrogen and oxygen atoms in total. The molecular weight excluding hydrogens is 406 g/mol. The molecule has 5 aliphatic rings. The monoisotopic (exact) mass is 437 g/mol. The fraction of sp³-hybridized carbons (Fsp3) is 0.938. The molecule has 6 atom stereocenters. The molecule has 28 heavy (non-hydrogen) atoms. The minimum absolute atomic E-state index is 0.153. The zero-order valence-corrected chi connectivity index (χ0v) is 18.3. The summed E-state index contributed by atoms with van der Waals surface area (Å²) in [5.74, 6) is 0.385. The van der Waals surface area contributed by atoms with Crippen molar-refractivity contribution < 1.29 is 32.5 Å². The Labute approximate surface area is 166 Å². The number of hydroxylamine groups is 3. The zero-order chi connectivity index (χ0) is 19.6. The third kappa shape index (κ3) is 2.89. The fourth-order valence-electron chi connectivity index (χ4n) is 5.29. The van der Waals surface area contributed by atoms with Crippen molar-refractivity contribution in [3.05, 3.63) is 0 Å². The number of carbonyl (C=O) groups excluding carboxylic acids is 1. The van der Waals surface area contributed by atoms with E-state index in [0.29, 0.717) is 31.1 Å². The Balaban J connectivity index is 1.18.